The molecule has 0 fully saturated rings. The van der Waals surface area contributed by atoms with E-state index in [4.69, 9.17) is 0 Å². The highest BCUT2D eigenvalue weighted by Gasteiger charge is 1.93. The lowest BCUT2D eigenvalue weighted by atomic mass is 10.1. The lowest BCUT2D eigenvalue weighted by Crippen LogP contribution is -2.18. The zero-order chi connectivity index (χ0) is 10.9. The second-order valence-corrected chi connectivity index (χ2v) is 3.30. The predicted molar refractivity (Wildman–Crippen MR) is 61.0 cm³/mol. The van der Waals surface area contributed by atoms with Crippen molar-refractivity contribution in [3.8, 4) is 11.8 Å². The molecule has 15 heavy (non-hydrogen) atoms. The molecule has 0 aromatic heterocycles. The van der Waals surface area contributed by atoms with Crippen LogP contribution in [-0.4, -0.2) is 13.1 Å². The number of hydrogen-bond acceptors (Lipinski definition) is 1. The van der Waals surface area contributed by atoms with Crippen LogP contribution in [0.5, 0.6) is 0 Å². The summed E-state index contributed by atoms with van der Waals surface area (Å²) in [5.74, 6) is 5.67. The Kier molecular flexibility index (Phi) is 5.50. The van der Waals surface area contributed by atoms with Crippen LogP contribution in [0.2, 0.25) is 0 Å². The molecule has 0 atom stereocenters. The Hall–Kier alpha value is -1.33. The van der Waals surface area contributed by atoms with Crippen LogP contribution in [0.15, 0.2) is 24.3 Å². The summed E-state index contributed by atoms with van der Waals surface area (Å²) in [5.41, 5.74) is 1.16. The topological polar surface area (TPSA) is 12.0 Å². The minimum atomic E-state index is -0.176. The van der Waals surface area contributed by atoms with E-state index in [9.17, 15) is 4.39 Å². The van der Waals surface area contributed by atoms with Gasteiger partial charge in [-0.05, 0) is 37.6 Å². The fourth-order valence-corrected chi connectivity index (χ4v) is 1.28. The number of halogens is 1. The van der Waals surface area contributed by atoms with Gasteiger partial charge in [-0.1, -0.05) is 12.1 Å². The van der Waals surface area contributed by atoms with Crippen molar-refractivity contribution in [2.75, 3.05) is 13.1 Å². The average molecular weight is 205 g/mol. The number of hydrogen-bond donors (Lipinski definition) is 1. The molecule has 0 unspecified atom stereocenters. The molecule has 0 spiro atoms. The molecule has 1 N–H and O–H groups in total. The molecular weight excluding hydrogens is 189 g/mol. The lowest BCUT2D eigenvalue weighted by molar-refractivity contribution is 0.626. The Morgan fingerprint density at radius 3 is 2.60 bits per heavy atom. The van der Waals surface area contributed by atoms with Crippen LogP contribution in [0.4, 0.5) is 4.39 Å². The molecule has 0 bridgehead atoms. The molecule has 2 heteroatoms. The van der Waals surface area contributed by atoms with Gasteiger partial charge in [-0.3, -0.25) is 0 Å². The van der Waals surface area contributed by atoms with E-state index in [1.165, 1.54) is 12.1 Å². The quantitative estimate of drug-likeness (QED) is 0.575. The van der Waals surface area contributed by atoms with Crippen LogP contribution in [0.25, 0.3) is 0 Å². The van der Waals surface area contributed by atoms with Gasteiger partial charge in [0.05, 0.1) is 0 Å². The van der Waals surface area contributed by atoms with Gasteiger partial charge in [0.2, 0.25) is 0 Å². The number of nitrogens with one attached hydrogen (secondary N) is 1. The van der Waals surface area contributed by atoms with Gasteiger partial charge in [0.15, 0.2) is 0 Å². The molecule has 0 heterocycles. The van der Waals surface area contributed by atoms with Crippen LogP contribution in [-0.2, 0) is 6.42 Å². The second kappa shape index (κ2) is 7.03. The van der Waals surface area contributed by atoms with Crippen molar-refractivity contribution in [2.45, 2.75) is 19.8 Å². The molecule has 0 amide bonds. The Bertz CT molecular complexity index is 332. The first-order valence-electron chi connectivity index (χ1n) is 5.17. The summed E-state index contributed by atoms with van der Waals surface area (Å²) in [7, 11) is 0. The van der Waals surface area contributed by atoms with Crippen LogP contribution in [0.1, 0.15) is 18.9 Å². The molecular formula is C13H16FN. The molecule has 1 rings (SSSR count). The van der Waals surface area contributed by atoms with E-state index >= 15 is 0 Å². The van der Waals surface area contributed by atoms with Crippen molar-refractivity contribution >= 4 is 0 Å². The SMILES string of the molecule is CC#CCCNCCc1ccc(F)cc1. The molecule has 1 aromatic carbocycles. The van der Waals surface area contributed by atoms with E-state index < -0.39 is 0 Å². The third kappa shape index (κ3) is 5.19. The fourth-order valence-electron chi connectivity index (χ4n) is 1.28. The Labute approximate surface area is 90.7 Å². The number of rotatable bonds is 5. The summed E-state index contributed by atoms with van der Waals surface area (Å²) >= 11 is 0. The average Bonchev–Trinajstić information content (AvgIpc) is 2.26. The molecule has 0 radical (unpaired) electrons. The van der Waals surface area contributed by atoms with Crippen molar-refractivity contribution in [3.05, 3.63) is 35.6 Å². The third-order valence-electron chi connectivity index (χ3n) is 2.11. The molecule has 0 aliphatic rings. The lowest BCUT2D eigenvalue weighted by Gasteiger charge is -2.02. The molecule has 0 aliphatic heterocycles. The van der Waals surface area contributed by atoms with Gasteiger partial charge in [-0.2, -0.15) is 0 Å². The summed E-state index contributed by atoms with van der Waals surface area (Å²) in [4.78, 5) is 0. The maximum absolute atomic E-state index is 12.6. The molecule has 0 saturated heterocycles. The van der Waals surface area contributed by atoms with Crippen LogP contribution >= 0.6 is 0 Å². The predicted octanol–water partition coefficient (Wildman–Crippen LogP) is 2.37. The van der Waals surface area contributed by atoms with Crippen molar-refractivity contribution in [1.29, 1.82) is 0 Å². The smallest absolute Gasteiger partial charge is 0.123 e. The van der Waals surface area contributed by atoms with E-state index in [0.717, 1.165) is 31.5 Å². The molecule has 80 valence electrons. The van der Waals surface area contributed by atoms with Crippen molar-refractivity contribution in [1.82, 2.24) is 5.32 Å². The zero-order valence-electron chi connectivity index (χ0n) is 9.02. The first kappa shape index (κ1) is 11.7. The highest BCUT2D eigenvalue weighted by molar-refractivity contribution is 5.16. The standard InChI is InChI=1S/C13H16FN/c1-2-3-4-10-15-11-9-12-5-7-13(14)8-6-12/h5-8,15H,4,9-11H2,1H3. The summed E-state index contributed by atoms with van der Waals surface area (Å²) in [6.07, 6.45) is 1.82. The van der Waals surface area contributed by atoms with Gasteiger partial charge in [0.25, 0.3) is 0 Å². The van der Waals surface area contributed by atoms with Gasteiger partial charge < -0.3 is 5.32 Å². The Balaban J connectivity index is 2.14. The molecule has 1 aromatic rings. The van der Waals surface area contributed by atoms with Crippen LogP contribution in [0.3, 0.4) is 0 Å². The first-order valence-corrected chi connectivity index (χ1v) is 5.17. The van der Waals surface area contributed by atoms with E-state index in [-0.39, 0.29) is 5.82 Å². The zero-order valence-corrected chi connectivity index (χ0v) is 9.02. The monoisotopic (exact) mass is 205 g/mol. The maximum Gasteiger partial charge on any atom is 0.123 e. The second-order valence-electron chi connectivity index (χ2n) is 3.30. The van der Waals surface area contributed by atoms with E-state index in [1.54, 1.807) is 0 Å². The van der Waals surface area contributed by atoms with Crippen molar-refractivity contribution < 1.29 is 4.39 Å². The molecule has 0 aliphatic carbocycles. The normalized spacial score (nSPS) is 9.47. The minimum Gasteiger partial charge on any atom is -0.315 e. The van der Waals surface area contributed by atoms with E-state index in [2.05, 4.69) is 17.2 Å². The van der Waals surface area contributed by atoms with Gasteiger partial charge in [0.1, 0.15) is 5.82 Å². The van der Waals surface area contributed by atoms with Crippen molar-refractivity contribution in [2.24, 2.45) is 0 Å². The van der Waals surface area contributed by atoms with Crippen molar-refractivity contribution in [3.63, 3.8) is 0 Å². The van der Waals surface area contributed by atoms with Gasteiger partial charge >= 0.3 is 0 Å². The highest BCUT2D eigenvalue weighted by Crippen LogP contribution is 2.02. The van der Waals surface area contributed by atoms with Gasteiger partial charge in [-0.15, -0.1) is 11.8 Å². The Morgan fingerprint density at radius 2 is 1.93 bits per heavy atom. The third-order valence-corrected chi connectivity index (χ3v) is 2.11. The fraction of sp³-hybridized carbons (Fsp3) is 0.385. The van der Waals surface area contributed by atoms with E-state index in [0.29, 0.717) is 0 Å². The molecule has 0 saturated carbocycles. The summed E-state index contributed by atoms with van der Waals surface area (Å²) in [6, 6.07) is 6.64. The Morgan fingerprint density at radius 1 is 1.20 bits per heavy atom. The first-order chi connectivity index (χ1) is 7.33. The highest BCUT2D eigenvalue weighted by atomic mass is 19.1. The maximum atomic E-state index is 12.6. The van der Waals surface area contributed by atoms with E-state index in [1.807, 2.05) is 19.1 Å². The van der Waals surface area contributed by atoms with Gasteiger partial charge in [0, 0.05) is 13.0 Å². The molecule has 1 nitrogen and oxygen atoms in total. The van der Waals surface area contributed by atoms with Gasteiger partial charge in [-0.25, -0.2) is 4.39 Å². The summed E-state index contributed by atoms with van der Waals surface area (Å²) in [6.45, 7) is 3.68. The summed E-state index contributed by atoms with van der Waals surface area (Å²) in [5, 5.41) is 3.29. The van der Waals surface area contributed by atoms with Crippen LogP contribution in [0, 0.1) is 17.7 Å². The largest absolute Gasteiger partial charge is 0.315 e. The minimum absolute atomic E-state index is 0.176. The summed E-state index contributed by atoms with van der Waals surface area (Å²) < 4.78 is 12.6. The number of benzene rings is 1. The van der Waals surface area contributed by atoms with Crippen LogP contribution < -0.4 is 5.32 Å².